The van der Waals surface area contributed by atoms with Gasteiger partial charge in [0.25, 0.3) is 0 Å². The van der Waals surface area contributed by atoms with Gasteiger partial charge in [0.1, 0.15) is 5.75 Å². The molecule has 8 heteroatoms. The summed E-state index contributed by atoms with van der Waals surface area (Å²) in [7, 11) is 2.92. The van der Waals surface area contributed by atoms with E-state index in [0.717, 1.165) is 17.0 Å². The van der Waals surface area contributed by atoms with E-state index in [0.29, 0.717) is 41.9 Å². The maximum Gasteiger partial charge on any atom is 0.336 e. The lowest BCUT2D eigenvalue weighted by molar-refractivity contribution is -0.136. The lowest BCUT2D eigenvalue weighted by Gasteiger charge is -2.36. The summed E-state index contributed by atoms with van der Waals surface area (Å²) in [5.74, 6) is -0.579. The third-order valence-corrected chi connectivity index (χ3v) is 6.79. The number of carbonyl (C=O) groups is 2. The largest absolute Gasteiger partial charge is 0.503 e. The van der Waals surface area contributed by atoms with E-state index >= 15 is 0 Å². The first-order valence-electron chi connectivity index (χ1n) is 11.4. The molecule has 2 aromatic carbocycles. The summed E-state index contributed by atoms with van der Waals surface area (Å²) < 4.78 is 15.9. The van der Waals surface area contributed by atoms with Crippen LogP contribution in [0, 0.1) is 0 Å². The molecule has 1 aliphatic heterocycles. The van der Waals surface area contributed by atoms with E-state index in [2.05, 4.69) is 5.32 Å². The van der Waals surface area contributed by atoms with Crippen molar-refractivity contribution >= 4 is 23.4 Å². The summed E-state index contributed by atoms with van der Waals surface area (Å²) >= 11 is 6.32. The van der Waals surface area contributed by atoms with Gasteiger partial charge in [-0.25, -0.2) is 4.79 Å². The number of hydrogen-bond donors (Lipinski definition) is 2. The first-order chi connectivity index (χ1) is 16.8. The molecule has 0 bridgehead atoms. The van der Waals surface area contributed by atoms with Gasteiger partial charge in [-0.1, -0.05) is 23.7 Å². The van der Waals surface area contributed by atoms with E-state index in [1.807, 2.05) is 24.3 Å². The topological polar surface area (TPSA) is 94.1 Å². The number of esters is 1. The van der Waals surface area contributed by atoms with Crippen molar-refractivity contribution < 1.29 is 28.9 Å². The molecule has 2 N–H and O–H groups in total. The molecule has 35 heavy (non-hydrogen) atoms. The van der Waals surface area contributed by atoms with Crippen LogP contribution in [0.3, 0.4) is 0 Å². The van der Waals surface area contributed by atoms with Crippen LogP contribution in [-0.4, -0.2) is 37.7 Å². The van der Waals surface area contributed by atoms with Gasteiger partial charge in [-0.05, 0) is 61.6 Å². The third kappa shape index (κ3) is 4.60. The summed E-state index contributed by atoms with van der Waals surface area (Å²) in [5.41, 5.74) is 3.80. The van der Waals surface area contributed by atoms with Gasteiger partial charge in [0.15, 0.2) is 17.3 Å². The van der Waals surface area contributed by atoms with E-state index in [-0.39, 0.29) is 28.2 Å². The van der Waals surface area contributed by atoms with Gasteiger partial charge in [0.2, 0.25) is 0 Å². The van der Waals surface area contributed by atoms with Gasteiger partial charge in [0.05, 0.1) is 31.4 Å². The van der Waals surface area contributed by atoms with Crippen molar-refractivity contribution in [2.24, 2.45) is 0 Å². The normalized spacial score (nSPS) is 19.7. The number of ketones is 1. The molecule has 0 saturated heterocycles. The average molecular weight is 498 g/mol. The fraction of sp³-hybridized carbons (Fsp3) is 0.333. The average Bonchev–Trinajstić information content (AvgIpc) is 2.85. The Labute approximate surface area is 209 Å². The number of methoxy groups -OCH3 is 2. The Balaban J connectivity index is 1.82. The van der Waals surface area contributed by atoms with Gasteiger partial charge >= 0.3 is 5.97 Å². The number of Topliss-reactive ketones (excluding diaryl/α,β-unsaturated/α-hetero) is 1. The number of hydrogen-bond acceptors (Lipinski definition) is 7. The maximum absolute atomic E-state index is 13.6. The Morgan fingerprint density at radius 2 is 1.86 bits per heavy atom. The molecule has 1 aliphatic carbocycles. The van der Waals surface area contributed by atoms with Crippen LogP contribution in [0.4, 0.5) is 0 Å². The second kappa shape index (κ2) is 10.0. The van der Waals surface area contributed by atoms with Gasteiger partial charge in [-0.15, -0.1) is 0 Å². The number of aromatic hydroxyl groups is 1. The van der Waals surface area contributed by atoms with E-state index in [1.165, 1.54) is 7.11 Å². The van der Waals surface area contributed by atoms with Crippen molar-refractivity contribution in [1.82, 2.24) is 5.32 Å². The summed E-state index contributed by atoms with van der Waals surface area (Å²) in [6, 6.07) is 10.9. The Kier molecular flexibility index (Phi) is 7.08. The Bertz CT molecular complexity index is 1230. The predicted molar refractivity (Wildman–Crippen MR) is 132 cm³/mol. The Morgan fingerprint density at radius 1 is 1.14 bits per heavy atom. The van der Waals surface area contributed by atoms with Gasteiger partial charge in [-0.3, -0.25) is 4.79 Å². The number of nitrogens with one attached hydrogen (secondary N) is 1. The minimum absolute atomic E-state index is 0.0184. The molecular weight excluding hydrogens is 470 g/mol. The van der Waals surface area contributed by atoms with Crippen molar-refractivity contribution in [2.45, 2.75) is 38.5 Å². The second-order valence-electron chi connectivity index (χ2n) is 8.56. The standard InChI is InChI=1S/C27H28ClNO6/c1-5-35-22-13-17(10-19(28)26(22)31)24-23(27(32)34-4)14(2)29-20-11-16(12-21(30)25(20)24)15-6-8-18(33-3)9-7-15/h6-10,13,16,24,29,31H,5,11-12H2,1-4H3/t16-,24-/m1/s1. The van der Waals surface area contributed by atoms with Crippen LogP contribution in [0.15, 0.2) is 58.9 Å². The van der Waals surface area contributed by atoms with E-state index in [9.17, 15) is 14.7 Å². The van der Waals surface area contributed by atoms with E-state index in [1.54, 1.807) is 33.1 Å². The van der Waals surface area contributed by atoms with Gasteiger partial charge in [-0.2, -0.15) is 0 Å². The summed E-state index contributed by atoms with van der Waals surface area (Å²) in [4.78, 5) is 26.5. The highest BCUT2D eigenvalue weighted by molar-refractivity contribution is 6.32. The molecule has 2 aromatic rings. The van der Waals surface area contributed by atoms with Crippen LogP contribution < -0.4 is 14.8 Å². The second-order valence-corrected chi connectivity index (χ2v) is 8.97. The monoisotopic (exact) mass is 497 g/mol. The zero-order valence-electron chi connectivity index (χ0n) is 20.1. The summed E-state index contributed by atoms with van der Waals surface area (Å²) in [6.07, 6.45) is 0.890. The van der Waals surface area contributed by atoms with Crippen LogP contribution in [0.1, 0.15) is 49.7 Å². The van der Waals surface area contributed by atoms with Gasteiger partial charge < -0.3 is 24.6 Å². The quantitative estimate of drug-likeness (QED) is 0.543. The molecular formula is C27H28ClNO6. The molecule has 0 radical (unpaired) electrons. The highest BCUT2D eigenvalue weighted by atomic mass is 35.5. The fourth-order valence-corrected chi connectivity index (χ4v) is 5.11. The molecule has 184 valence electrons. The maximum atomic E-state index is 13.6. The third-order valence-electron chi connectivity index (χ3n) is 6.50. The molecule has 4 rings (SSSR count). The lowest BCUT2D eigenvalue weighted by Crippen LogP contribution is -2.36. The number of allylic oxidation sites excluding steroid dienone is 3. The highest BCUT2D eigenvalue weighted by Crippen LogP contribution is 2.48. The molecule has 0 saturated carbocycles. The summed E-state index contributed by atoms with van der Waals surface area (Å²) in [6.45, 7) is 3.89. The van der Waals surface area contributed by atoms with Crippen LogP contribution in [0.2, 0.25) is 5.02 Å². The zero-order valence-corrected chi connectivity index (χ0v) is 20.9. The Morgan fingerprint density at radius 3 is 2.49 bits per heavy atom. The lowest BCUT2D eigenvalue weighted by atomic mass is 9.71. The van der Waals surface area contributed by atoms with Crippen molar-refractivity contribution in [3.05, 3.63) is 75.1 Å². The van der Waals surface area contributed by atoms with Crippen LogP contribution in [0.5, 0.6) is 17.2 Å². The molecule has 0 unspecified atom stereocenters. The number of carbonyl (C=O) groups excluding carboxylic acids is 2. The van der Waals surface area contributed by atoms with Crippen LogP contribution in [-0.2, 0) is 14.3 Å². The number of benzene rings is 2. The van der Waals surface area contributed by atoms with E-state index in [4.69, 9.17) is 25.8 Å². The number of ether oxygens (including phenoxy) is 3. The molecule has 2 aliphatic rings. The molecule has 7 nitrogen and oxygen atoms in total. The van der Waals surface area contributed by atoms with Crippen molar-refractivity contribution in [3.8, 4) is 17.2 Å². The first-order valence-corrected chi connectivity index (χ1v) is 11.8. The van der Waals surface area contributed by atoms with Crippen LogP contribution in [0.25, 0.3) is 0 Å². The number of phenols is 1. The zero-order chi connectivity index (χ0) is 25.3. The first kappa shape index (κ1) is 24.7. The van der Waals surface area contributed by atoms with Crippen molar-refractivity contribution in [1.29, 1.82) is 0 Å². The molecule has 0 spiro atoms. The van der Waals surface area contributed by atoms with Crippen molar-refractivity contribution in [3.63, 3.8) is 0 Å². The molecule has 0 amide bonds. The van der Waals surface area contributed by atoms with Crippen LogP contribution >= 0.6 is 11.6 Å². The molecule has 2 atom stereocenters. The Hall–Kier alpha value is -3.45. The van der Waals surface area contributed by atoms with Crippen molar-refractivity contribution in [2.75, 3.05) is 20.8 Å². The SMILES string of the molecule is CCOc1cc([C@@H]2C(C(=O)OC)=C(C)NC3=C2C(=O)C[C@H](c2ccc(OC)cc2)C3)cc(Cl)c1O. The summed E-state index contributed by atoms with van der Waals surface area (Å²) in [5, 5.41) is 13.7. The number of dihydropyridines is 1. The number of phenolic OH excluding ortho intramolecular Hbond substituents is 1. The van der Waals surface area contributed by atoms with E-state index < -0.39 is 11.9 Å². The number of rotatable bonds is 6. The molecule has 0 aromatic heterocycles. The highest BCUT2D eigenvalue weighted by Gasteiger charge is 2.41. The molecule has 1 heterocycles. The minimum atomic E-state index is -0.708. The fourth-order valence-electron chi connectivity index (χ4n) is 4.89. The predicted octanol–water partition coefficient (Wildman–Crippen LogP) is 4.99. The number of halogens is 1. The smallest absolute Gasteiger partial charge is 0.336 e. The van der Waals surface area contributed by atoms with Gasteiger partial charge in [0, 0.05) is 29.3 Å². The minimum Gasteiger partial charge on any atom is -0.503 e. The molecule has 0 fully saturated rings.